The number of nitrogens with zero attached hydrogens (tertiary/aromatic N) is 1. The lowest BCUT2D eigenvalue weighted by Gasteiger charge is -2.10. The van der Waals surface area contributed by atoms with Crippen LogP contribution in [0.4, 0.5) is 0 Å². The molecule has 1 aromatic carbocycles. The second-order valence-electron chi connectivity index (χ2n) is 13.3. The molecule has 46 heavy (non-hydrogen) atoms. The molecule has 2 unspecified atom stereocenters. The number of hydrogen-bond acceptors (Lipinski definition) is 6. The molecule has 2 atom stereocenters. The van der Waals surface area contributed by atoms with Crippen LogP contribution in [0.1, 0.15) is 147 Å². The van der Waals surface area contributed by atoms with Gasteiger partial charge in [0.1, 0.15) is 16.7 Å². The topological polar surface area (TPSA) is 79.5 Å². The Kier molecular flexibility index (Phi) is 23.6. The number of benzene rings is 1. The number of hydrogen-bond donors (Lipinski definition) is 0. The maximum Gasteiger partial charge on any atom is 0.224 e. The van der Waals surface area contributed by atoms with E-state index in [-0.39, 0.29) is 4.90 Å². The van der Waals surface area contributed by atoms with Gasteiger partial charge in [0, 0.05) is 19.6 Å². The summed E-state index contributed by atoms with van der Waals surface area (Å²) in [5, 5.41) is 2.15. The van der Waals surface area contributed by atoms with Gasteiger partial charge in [0.05, 0.1) is 23.0 Å². The van der Waals surface area contributed by atoms with Gasteiger partial charge in [-0.15, -0.1) is 0 Å². The number of unbranched alkanes of at least 4 members (excludes halogenated alkanes) is 17. The second-order valence-corrected chi connectivity index (χ2v) is 15.5. The highest BCUT2D eigenvalue weighted by atomic mass is 32.2. The summed E-state index contributed by atoms with van der Waals surface area (Å²) in [5.74, 6) is 0.780. The van der Waals surface area contributed by atoms with Crippen molar-refractivity contribution in [2.45, 2.75) is 166 Å². The van der Waals surface area contributed by atoms with Crippen LogP contribution in [0.2, 0.25) is 0 Å². The van der Waals surface area contributed by atoms with Crippen LogP contribution >= 0.6 is 11.3 Å². The average molecular weight is 680 g/mol. The first kappa shape index (κ1) is 40.9. The standard InChI is InChI=1S/C31H58NO2S.C7H8O3S/c1-2-3-4-5-6-7-8-9-10-11-12-13-15-18-21-30-26-31(34-27-30)28-33-24-20-17-14-16-19-22-32-23-25-35-29-32;1-6-2-4-7(5-3-6)11(8,9)10/h23,25,29-31H,2-22,24,26-28H2,1H3;2-5H,1H3,(H,8,9,10)/q+1;/p-1. The van der Waals surface area contributed by atoms with Gasteiger partial charge in [0.15, 0.2) is 6.20 Å². The van der Waals surface area contributed by atoms with Gasteiger partial charge in [-0.1, -0.05) is 139 Å². The number of aromatic nitrogens is 1. The SMILES string of the molecule is CCCCCCCCCCCCCCCCC1COC(COCCCCCCC[n+]2ccsc2)C1.Cc1ccc(S(=O)(=O)[O-])cc1. The van der Waals surface area contributed by atoms with E-state index < -0.39 is 10.1 Å². The van der Waals surface area contributed by atoms with Crippen LogP contribution in [0.5, 0.6) is 0 Å². The molecule has 0 N–H and O–H groups in total. The fourth-order valence-corrected chi connectivity index (χ4v) is 7.16. The molecule has 1 aromatic heterocycles. The molecule has 0 spiro atoms. The first-order valence-corrected chi connectivity index (χ1v) is 20.9. The van der Waals surface area contributed by atoms with E-state index in [0.717, 1.165) is 31.3 Å². The van der Waals surface area contributed by atoms with E-state index in [1.165, 1.54) is 154 Å². The predicted octanol–water partition coefficient (Wildman–Crippen LogP) is 10.2. The third kappa shape index (κ3) is 21.5. The Balaban J connectivity index is 0.000000562. The van der Waals surface area contributed by atoms with E-state index in [4.69, 9.17) is 9.47 Å². The zero-order valence-electron chi connectivity index (χ0n) is 29.2. The number of rotatable bonds is 26. The van der Waals surface area contributed by atoms with Crippen molar-refractivity contribution >= 4 is 21.5 Å². The smallest absolute Gasteiger partial charge is 0.224 e. The minimum Gasteiger partial charge on any atom is -0.744 e. The molecule has 0 aliphatic carbocycles. The molecule has 264 valence electrons. The van der Waals surface area contributed by atoms with Crippen LogP contribution in [0.15, 0.2) is 46.2 Å². The monoisotopic (exact) mass is 679 g/mol. The molecule has 8 heteroatoms. The van der Waals surface area contributed by atoms with Crippen molar-refractivity contribution in [3.8, 4) is 0 Å². The summed E-state index contributed by atoms with van der Waals surface area (Å²) < 4.78 is 45.4. The van der Waals surface area contributed by atoms with Crippen LogP contribution in [0, 0.1) is 12.8 Å². The Hall–Kier alpha value is -1.32. The fraction of sp³-hybridized carbons (Fsp3) is 0.763. The van der Waals surface area contributed by atoms with Gasteiger partial charge < -0.3 is 14.0 Å². The number of aryl methyl sites for hydroxylation is 2. The molecule has 0 bridgehead atoms. The Bertz CT molecular complexity index is 1060. The molecule has 3 rings (SSSR count). The molecule has 0 amide bonds. The maximum atomic E-state index is 10.4. The van der Waals surface area contributed by atoms with Crippen LogP contribution in [0.3, 0.4) is 0 Å². The first-order chi connectivity index (χ1) is 22.4. The van der Waals surface area contributed by atoms with E-state index in [2.05, 4.69) is 28.6 Å². The van der Waals surface area contributed by atoms with Crippen molar-refractivity contribution < 1.29 is 27.0 Å². The van der Waals surface area contributed by atoms with Gasteiger partial charge in [-0.25, -0.2) is 8.42 Å². The molecule has 6 nitrogen and oxygen atoms in total. The van der Waals surface area contributed by atoms with Gasteiger partial charge in [0.25, 0.3) is 0 Å². The van der Waals surface area contributed by atoms with Crippen molar-refractivity contribution in [2.24, 2.45) is 5.92 Å². The lowest BCUT2D eigenvalue weighted by molar-refractivity contribution is -0.692. The molecule has 0 radical (unpaired) electrons. The summed E-state index contributed by atoms with van der Waals surface area (Å²) in [5.41, 5.74) is 3.13. The van der Waals surface area contributed by atoms with E-state index in [9.17, 15) is 13.0 Å². The maximum absolute atomic E-state index is 10.4. The average Bonchev–Trinajstić information content (AvgIpc) is 3.73. The lowest BCUT2D eigenvalue weighted by Crippen LogP contribution is -2.29. The summed E-state index contributed by atoms with van der Waals surface area (Å²) in [7, 11) is -4.27. The molecule has 1 fully saturated rings. The van der Waals surface area contributed by atoms with E-state index in [1.54, 1.807) is 23.5 Å². The van der Waals surface area contributed by atoms with Crippen LogP contribution in [-0.2, 0) is 26.1 Å². The van der Waals surface area contributed by atoms with E-state index in [1.807, 2.05) is 6.92 Å². The summed E-state index contributed by atoms with van der Waals surface area (Å²) in [4.78, 5) is -0.178. The van der Waals surface area contributed by atoms with Crippen molar-refractivity contribution in [3.63, 3.8) is 0 Å². The molecule has 0 saturated carbocycles. The largest absolute Gasteiger partial charge is 0.744 e. The highest BCUT2D eigenvalue weighted by Gasteiger charge is 2.25. The Labute approximate surface area is 286 Å². The Morgan fingerprint density at radius 1 is 0.826 bits per heavy atom. The van der Waals surface area contributed by atoms with Crippen molar-refractivity contribution in [1.29, 1.82) is 0 Å². The predicted molar refractivity (Wildman–Crippen MR) is 190 cm³/mol. The molecule has 1 saturated heterocycles. The summed E-state index contributed by atoms with van der Waals surface area (Å²) in [6, 6.07) is 5.78. The van der Waals surface area contributed by atoms with Gasteiger partial charge in [0.2, 0.25) is 5.51 Å². The third-order valence-electron chi connectivity index (χ3n) is 8.98. The van der Waals surface area contributed by atoms with Gasteiger partial charge in [-0.3, -0.25) is 0 Å². The van der Waals surface area contributed by atoms with Gasteiger partial charge >= 0.3 is 0 Å². The third-order valence-corrected chi connectivity index (χ3v) is 10.5. The summed E-state index contributed by atoms with van der Waals surface area (Å²) in [6.07, 6.45) is 31.7. The Morgan fingerprint density at radius 2 is 1.39 bits per heavy atom. The van der Waals surface area contributed by atoms with Crippen molar-refractivity contribution in [1.82, 2.24) is 0 Å². The molecular formula is C38H65NO5S2. The molecule has 1 aliphatic rings. The molecule has 2 aromatic rings. The summed E-state index contributed by atoms with van der Waals surface area (Å²) >= 11 is 1.77. The van der Waals surface area contributed by atoms with Crippen LogP contribution < -0.4 is 4.57 Å². The lowest BCUT2D eigenvalue weighted by atomic mass is 9.97. The molecule has 2 heterocycles. The zero-order valence-corrected chi connectivity index (χ0v) is 30.8. The minimum atomic E-state index is -4.27. The zero-order chi connectivity index (χ0) is 33.1. The number of thiazole rings is 1. The molecular weight excluding hydrogens is 615 g/mol. The fourth-order valence-electron chi connectivity index (χ4n) is 6.06. The van der Waals surface area contributed by atoms with Gasteiger partial charge in [-0.2, -0.15) is 4.57 Å². The van der Waals surface area contributed by atoms with E-state index in [0.29, 0.717) is 6.10 Å². The van der Waals surface area contributed by atoms with Crippen LogP contribution in [0.25, 0.3) is 0 Å². The van der Waals surface area contributed by atoms with Crippen molar-refractivity contribution in [2.75, 3.05) is 19.8 Å². The number of ether oxygens (including phenoxy) is 2. The normalized spacial score (nSPS) is 16.4. The quantitative estimate of drug-likeness (QED) is 0.0562. The second kappa shape index (κ2) is 26.6. The Morgan fingerprint density at radius 3 is 1.96 bits per heavy atom. The summed E-state index contributed by atoms with van der Waals surface area (Å²) in [6.45, 7) is 7.97. The van der Waals surface area contributed by atoms with E-state index >= 15 is 0 Å². The van der Waals surface area contributed by atoms with Gasteiger partial charge in [-0.05, 0) is 50.7 Å². The van der Waals surface area contributed by atoms with Crippen LogP contribution in [-0.4, -0.2) is 38.9 Å². The molecule has 1 aliphatic heterocycles. The minimum absolute atomic E-state index is 0.178. The van der Waals surface area contributed by atoms with Crippen molar-refractivity contribution in [3.05, 3.63) is 46.9 Å². The highest BCUT2D eigenvalue weighted by Crippen LogP contribution is 2.25. The first-order valence-electron chi connectivity index (χ1n) is 18.5. The highest BCUT2D eigenvalue weighted by molar-refractivity contribution is 7.85.